The minimum atomic E-state index is -4.26. The second-order valence-electron chi connectivity index (χ2n) is 3.43. The molecular weight excluding hydrogens is 301 g/mol. The van der Waals surface area contributed by atoms with Gasteiger partial charge in [-0.25, -0.2) is 4.98 Å². The predicted octanol–water partition coefficient (Wildman–Crippen LogP) is 2.87. The number of carbonyl (C=O) groups excluding carboxylic acids is 1. The maximum atomic E-state index is 12.0. The van der Waals surface area contributed by atoms with Crippen LogP contribution in [0.25, 0.3) is 0 Å². The zero-order valence-electron chi connectivity index (χ0n) is 8.96. The topological polar surface area (TPSA) is 33.2 Å². The van der Waals surface area contributed by atoms with Gasteiger partial charge in [-0.15, -0.1) is 0 Å². The molecule has 7 heteroatoms. The lowest BCUT2D eigenvalue weighted by molar-refractivity contribution is -0.136. The van der Waals surface area contributed by atoms with Gasteiger partial charge >= 0.3 is 6.18 Å². The molecule has 1 heterocycles. The Morgan fingerprint density at radius 2 is 2.18 bits per heavy atom. The monoisotopic (exact) mass is 310 g/mol. The summed E-state index contributed by atoms with van der Waals surface area (Å²) in [5.74, 6) is -0.491. The summed E-state index contributed by atoms with van der Waals surface area (Å²) in [5.41, 5.74) is 0.247. The van der Waals surface area contributed by atoms with E-state index >= 15 is 0 Å². The van der Waals surface area contributed by atoms with Gasteiger partial charge in [0, 0.05) is 19.8 Å². The van der Waals surface area contributed by atoms with Gasteiger partial charge in [-0.2, -0.15) is 13.2 Å². The number of nitrogens with zero attached hydrogens (tertiary/aromatic N) is 2. The molecule has 3 nitrogen and oxygen atoms in total. The van der Waals surface area contributed by atoms with Gasteiger partial charge in [0.15, 0.2) is 0 Å². The van der Waals surface area contributed by atoms with Crippen LogP contribution in [-0.2, 0) is 0 Å². The molecule has 0 fully saturated rings. The van der Waals surface area contributed by atoms with E-state index in [9.17, 15) is 18.0 Å². The van der Waals surface area contributed by atoms with Crippen LogP contribution in [0.15, 0.2) is 22.9 Å². The van der Waals surface area contributed by atoms with E-state index in [2.05, 4.69) is 20.9 Å². The van der Waals surface area contributed by atoms with Gasteiger partial charge in [-0.1, -0.05) is 0 Å². The normalized spacial score (nSPS) is 11.4. The van der Waals surface area contributed by atoms with Crippen LogP contribution >= 0.6 is 15.9 Å². The van der Waals surface area contributed by atoms with E-state index in [0.29, 0.717) is 4.60 Å². The minimum absolute atomic E-state index is 0.247. The molecule has 0 aliphatic heterocycles. The van der Waals surface area contributed by atoms with Crippen LogP contribution in [0.5, 0.6) is 0 Å². The van der Waals surface area contributed by atoms with Crippen LogP contribution in [0.2, 0.25) is 0 Å². The van der Waals surface area contributed by atoms with Crippen LogP contribution < -0.4 is 0 Å². The molecule has 0 spiro atoms. The first-order valence-electron chi connectivity index (χ1n) is 4.74. The van der Waals surface area contributed by atoms with Gasteiger partial charge in [0.05, 0.1) is 12.0 Å². The fraction of sp³-hybridized carbons (Fsp3) is 0.400. The van der Waals surface area contributed by atoms with Crippen molar-refractivity contribution >= 4 is 21.8 Å². The fourth-order valence-electron chi connectivity index (χ4n) is 1.15. The zero-order valence-corrected chi connectivity index (χ0v) is 10.5. The van der Waals surface area contributed by atoms with Crippen molar-refractivity contribution in [1.82, 2.24) is 9.88 Å². The van der Waals surface area contributed by atoms with Crippen molar-refractivity contribution in [3.63, 3.8) is 0 Å². The molecular formula is C10H10BrF3N2O. The highest BCUT2D eigenvalue weighted by molar-refractivity contribution is 9.10. The summed E-state index contributed by atoms with van der Waals surface area (Å²) in [6, 6.07) is 3.05. The Kier molecular flexibility index (Phi) is 4.50. The Morgan fingerprint density at radius 3 is 2.71 bits per heavy atom. The van der Waals surface area contributed by atoms with Gasteiger partial charge in [0.25, 0.3) is 5.91 Å². The molecule has 0 aliphatic carbocycles. The van der Waals surface area contributed by atoms with Crippen molar-refractivity contribution < 1.29 is 18.0 Å². The highest BCUT2D eigenvalue weighted by Crippen LogP contribution is 2.20. The molecule has 0 bridgehead atoms. The number of aromatic nitrogens is 1. The van der Waals surface area contributed by atoms with E-state index in [-0.39, 0.29) is 12.1 Å². The first kappa shape index (κ1) is 14.0. The van der Waals surface area contributed by atoms with Crippen LogP contribution in [-0.4, -0.2) is 35.6 Å². The van der Waals surface area contributed by atoms with E-state index in [1.807, 2.05) is 0 Å². The van der Waals surface area contributed by atoms with Crippen molar-refractivity contribution in [1.29, 1.82) is 0 Å². The summed E-state index contributed by atoms with van der Waals surface area (Å²) in [5, 5.41) is 0. The SMILES string of the molecule is CN(CCC(F)(F)F)C(=O)c1cccnc1Br. The van der Waals surface area contributed by atoms with E-state index in [0.717, 1.165) is 4.90 Å². The van der Waals surface area contributed by atoms with Gasteiger partial charge in [0.2, 0.25) is 0 Å². The summed E-state index contributed by atoms with van der Waals surface area (Å²) < 4.78 is 36.3. The van der Waals surface area contributed by atoms with E-state index in [1.54, 1.807) is 6.07 Å². The van der Waals surface area contributed by atoms with Crippen molar-refractivity contribution in [2.75, 3.05) is 13.6 Å². The van der Waals surface area contributed by atoms with Crippen LogP contribution in [0.4, 0.5) is 13.2 Å². The molecule has 1 rings (SSSR count). The molecule has 0 aromatic carbocycles. The molecule has 17 heavy (non-hydrogen) atoms. The Balaban J connectivity index is 2.68. The molecule has 0 radical (unpaired) electrons. The Hall–Kier alpha value is -1.11. The molecule has 1 aromatic heterocycles. The molecule has 1 aromatic rings. The number of alkyl halides is 3. The number of amides is 1. The molecule has 0 atom stereocenters. The summed E-state index contributed by atoms with van der Waals surface area (Å²) in [6.45, 7) is -0.371. The molecule has 0 saturated heterocycles. The van der Waals surface area contributed by atoms with Crippen molar-refractivity contribution in [2.24, 2.45) is 0 Å². The van der Waals surface area contributed by atoms with Crippen molar-refractivity contribution in [3.8, 4) is 0 Å². The first-order valence-corrected chi connectivity index (χ1v) is 5.53. The Morgan fingerprint density at radius 1 is 1.53 bits per heavy atom. The molecule has 1 amide bonds. The van der Waals surface area contributed by atoms with E-state index in [1.165, 1.54) is 19.3 Å². The average Bonchev–Trinajstić information content (AvgIpc) is 2.24. The molecule has 0 saturated carbocycles. The maximum Gasteiger partial charge on any atom is 0.390 e. The van der Waals surface area contributed by atoms with Gasteiger partial charge in [-0.3, -0.25) is 4.79 Å². The number of hydrogen-bond acceptors (Lipinski definition) is 2. The lowest BCUT2D eigenvalue weighted by Gasteiger charge is -2.18. The van der Waals surface area contributed by atoms with Crippen molar-refractivity contribution in [2.45, 2.75) is 12.6 Å². The summed E-state index contributed by atoms with van der Waals surface area (Å²) >= 11 is 3.07. The summed E-state index contributed by atoms with van der Waals surface area (Å²) in [6.07, 6.45) is -3.80. The van der Waals surface area contributed by atoms with Crippen molar-refractivity contribution in [3.05, 3.63) is 28.5 Å². The van der Waals surface area contributed by atoms with Gasteiger partial charge in [-0.05, 0) is 28.1 Å². The third kappa shape index (κ3) is 4.33. The highest BCUT2D eigenvalue weighted by atomic mass is 79.9. The quantitative estimate of drug-likeness (QED) is 0.804. The number of pyridine rings is 1. The standard InChI is InChI=1S/C10H10BrF3N2O/c1-16(6-4-10(12,13)14)9(17)7-3-2-5-15-8(7)11/h2-3,5H,4,6H2,1H3. The summed E-state index contributed by atoms with van der Waals surface area (Å²) in [7, 11) is 1.33. The Bertz CT molecular complexity index is 409. The van der Waals surface area contributed by atoms with Gasteiger partial charge in [0.1, 0.15) is 4.60 Å². The summed E-state index contributed by atoms with van der Waals surface area (Å²) in [4.78, 5) is 16.6. The minimum Gasteiger partial charge on any atom is -0.341 e. The molecule has 0 unspecified atom stereocenters. The van der Waals surface area contributed by atoms with E-state index < -0.39 is 18.5 Å². The van der Waals surface area contributed by atoms with Crippen LogP contribution in [0, 0.1) is 0 Å². The first-order chi connectivity index (χ1) is 7.81. The number of rotatable bonds is 3. The molecule has 0 aliphatic rings. The smallest absolute Gasteiger partial charge is 0.341 e. The largest absolute Gasteiger partial charge is 0.390 e. The average molecular weight is 311 g/mol. The lowest BCUT2D eigenvalue weighted by atomic mass is 10.2. The van der Waals surface area contributed by atoms with E-state index in [4.69, 9.17) is 0 Å². The molecule has 0 N–H and O–H groups in total. The number of hydrogen-bond donors (Lipinski definition) is 0. The predicted molar refractivity (Wildman–Crippen MR) is 59.6 cm³/mol. The second kappa shape index (κ2) is 5.48. The van der Waals surface area contributed by atoms with Crippen LogP contribution in [0.3, 0.4) is 0 Å². The highest BCUT2D eigenvalue weighted by Gasteiger charge is 2.28. The lowest BCUT2D eigenvalue weighted by Crippen LogP contribution is -2.30. The fourth-order valence-corrected chi connectivity index (χ4v) is 1.57. The maximum absolute atomic E-state index is 12.0. The molecule has 94 valence electrons. The van der Waals surface area contributed by atoms with Crippen LogP contribution in [0.1, 0.15) is 16.8 Å². The number of halogens is 4. The van der Waals surface area contributed by atoms with Gasteiger partial charge < -0.3 is 4.90 Å². The zero-order chi connectivity index (χ0) is 13.1. The second-order valence-corrected chi connectivity index (χ2v) is 4.18. The number of carbonyl (C=O) groups is 1. The third-order valence-electron chi connectivity index (χ3n) is 2.07. The Labute approximate surface area is 105 Å². The third-order valence-corrected chi connectivity index (χ3v) is 2.70.